The molecule has 80 valence electrons. The van der Waals surface area contributed by atoms with Gasteiger partial charge in [0.05, 0.1) is 6.54 Å². The maximum absolute atomic E-state index is 11.9. The molecule has 0 saturated carbocycles. The van der Waals surface area contributed by atoms with Crippen molar-refractivity contribution in [3.8, 4) is 0 Å². The summed E-state index contributed by atoms with van der Waals surface area (Å²) in [6.45, 7) is 2.62. The van der Waals surface area contributed by atoms with Gasteiger partial charge in [0.15, 0.2) is 0 Å². The molecule has 0 aliphatic rings. The third-order valence-electron chi connectivity index (χ3n) is 1.58. The van der Waals surface area contributed by atoms with Crippen LogP contribution < -0.4 is 0 Å². The van der Waals surface area contributed by atoms with Crippen LogP contribution in [-0.4, -0.2) is 42.9 Å². The minimum Gasteiger partial charge on any atom is -0.396 e. The van der Waals surface area contributed by atoms with Crippen molar-refractivity contribution in [1.29, 1.82) is 0 Å². The lowest BCUT2D eigenvalue weighted by molar-refractivity contribution is -0.146. The van der Waals surface area contributed by atoms with Gasteiger partial charge < -0.3 is 5.11 Å². The number of alkyl halides is 3. The van der Waals surface area contributed by atoms with Crippen LogP contribution in [0.2, 0.25) is 0 Å². The van der Waals surface area contributed by atoms with Crippen molar-refractivity contribution < 1.29 is 18.3 Å². The predicted octanol–water partition coefficient (Wildman–Crippen LogP) is 1.50. The molecule has 0 bridgehead atoms. The summed E-state index contributed by atoms with van der Waals surface area (Å²) in [6, 6.07) is 0. The molecule has 13 heavy (non-hydrogen) atoms. The third kappa shape index (κ3) is 6.83. The molecule has 0 aliphatic heterocycles. The lowest BCUT2D eigenvalue weighted by Crippen LogP contribution is -2.39. The average Bonchev–Trinajstić information content (AvgIpc) is 1.81. The van der Waals surface area contributed by atoms with Gasteiger partial charge in [-0.3, -0.25) is 4.90 Å². The molecule has 1 N–H and O–H groups in total. The number of hydrogen-bond donors (Lipinski definition) is 1. The molecule has 0 aromatic rings. The van der Waals surface area contributed by atoms with E-state index >= 15 is 0 Å². The van der Waals surface area contributed by atoms with Crippen LogP contribution in [-0.2, 0) is 0 Å². The highest BCUT2D eigenvalue weighted by Gasteiger charge is 2.31. The Labute approximate surface area is 76.3 Å². The first-order valence-corrected chi connectivity index (χ1v) is 4.02. The van der Waals surface area contributed by atoms with Gasteiger partial charge in [-0.2, -0.15) is 13.2 Å². The normalized spacial score (nSPS) is 13.8. The quantitative estimate of drug-likeness (QED) is 0.741. The lowest BCUT2D eigenvalue weighted by atomic mass is 9.94. The molecule has 0 fully saturated rings. The Balaban J connectivity index is 3.94. The number of hydrogen-bond acceptors (Lipinski definition) is 2. The summed E-state index contributed by atoms with van der Waals surface area (Å²) in [5, 5.41) is 8.83. The Morgan fingerprint density at radius 1 is 1.15 bits per heavy atom. The second kappa shape index (κ2) is 4.28. The standard InChI is InChI=1S/C8H16F3NO/c1-7(2,6-13)4-12(3)5-8(9,10)11/h13H,4-6H2,1-3H3. The van der Waals surface area contributed by atoms with Crippen LogP contribution in [0.1, 0.15) is 13.8 Å². The molecule has 0 rings (SSSR count). The van der Waals surface area contributed by atoms with Gasteiger partial charge in [0, 0.05) is 18.6 Å². The van der Waals surface area contributed by atoms with Crippen molar-refractivity contribution in [2.45, 2.75) is 20.0 Å². The van der Waals surface area contributed by atoms with Gasteiger partial charge in [0.25, 0.3) is 0 Å². The minimum atomic E-state index is -4.17. The molecule has 0 atom stereocenters. The zero-order chi connectivity index (χ0) is 10.7. The number of aliphatic hydroxyl groups is 1. The van der Waals surface area contributed by atoms with Gasteiger partial charge in [0.2, 0.25) is 0 Å². The van der Waals surface area contributed by atoms with E-state index < -0.39 is 18.1 Å². The van der Waals surface area contributed by atoms with Gasteiger partial charge in [0.1, 0.15) is 0 Å². The van der Waals surface area contributed by atoms with E-state index in [1.165, 1.54) is 7.05 Å². The van der Waals surface area contributed by atoms with Crippen LogP contribution in [0, 0.1) is 5.41 Å². The van der Waals surface area contributed by atoms with E-state index in [-0.39, 0.29) is 13.2 Å². The minimum absolute atomic E-state index is 0.116. The van der Waals surface area contributed by atoms with Gasteiger partial charge in [-0.25, -0.2) is 0 Å². The average molecular weight is 199 g/mol. The Morgan fingerprint density at radius 2 is 1.62 bits per heavy atom. The van der Waals surface area contributed by atoms with Gasteiger partial charge >= 0.3 is 6.18 Å². The van der Waals surface area contributed by atoms with Crippen molar-refractivity contribution in [2.75, 3.05) is 26.7 Å². The van der Waals surface area contributed by atoms with E-state index in [1.807, 2.05) is 0 Å². The molecule has 2 nitrogen and oxygen atoms in total. The molecule has 5 heteroatoms. The van der Waals surface area contributed by atoms with Crippen molar-refractivity contribution >= 4 is 0 Å². The summed E-state index contributed by atoms with van der Waals surface area (Å²) in [5.74, 6) is 0. The fourth-order valence-corrected chi connectivity index (χ4v) is 1.14. The fourth-order valence-electron chi connectivity index (χ4n) is 1.14. The molecule has 0 heterocycles. The Morgan fingerprint density at radius 3 is 1.92 bits per heavy atom. The number of nitrogens with zero attached hydrogens (tertiary/aromatic N) is 1. The Hall–Kier alpha value is -0.290. The largest absolute Gasteiger partial charge is 0.401 e. The number of aliphatic hydroxyl groups excluding tert-OH is 1. The Kier molecular flexibility index (Phi) is 4.19. The molecule has 0 amide bonds. The molecule has 0 saturated heterocycles. The summed E-state index contributed by atoms with van der Waals surface area (Å²) in [5.41, 5.74) is -0.486. The van der Waals surface area contributed by atoms with Gasteiger partial charge in [-0.15, -0.1) is 0 Å². The molecule has 0 unspecified atom stereocenters. The van der Waals surface area contributed by atoms with Crippen LogP contribution in [0.5, 0.6) is 0 Å². The van der Waals surface area contributed by atoms with E-state index in [9.17, 15) is 13.2 Å². The van der Waals surface area contributed by atoms with Crippen molar-refractivity contribution in [2.24, 2.45) is 5.41 Å². The van der Waals surface area contributed by atoms with Crippen molar-refractivity contribution in [1.82, 2.24) is 4.90 Å². The predicted molar refractivity (Wildman–Crippen MR) is 44.4 cm³/mol. The second-order valence-electron chi connectivity index (χ2n) is 4.11. The van der Waals surface area contributed by atoms with Crippen LogP contribution in [0.15, 0.2) is 0 Å². The molecule has 0 aromatic carbocycles. The molecular formula is C8H16F3NO. The summed E-state index contributed by atoms with van der Waals surface area (Å²) >= 11 is 0. The molecule has 0 radical (unpaired) electrons. The maximum Gasteiger partial charge on any atom is 0.401 e. The first kappa shape index (κ1) is 12.7. The van der Waals surface area contributed by atoms with E-state index in [0.717, 1.165) is 4.90 Å². The number of rotatable bonds is 4. The smallest absolute Gasteiger partial charge is 0.396 e. The van der Waals surface area contributed by atoms with E-state index in [4.69, 9.17) is 5.11 Å². The maximum atomic E-state index is 11.9. The Bertz CT molecular complexity index is 156. The zero-order valence-corrected chi connectivity index (χ0v) is 8.15. The highest BCUT2D eigenvalue weighted by atomic mass is 19.4. The lowest BCUT2D eigenvalue weighted by Gasteiger charge is -2.28. The highest BCUT2D eigenvalue weighted by Crippen LogP contribution is 2.19. The number of halogens is 3. The van der Waals surface area contributed by atoms with Gasteiger partial charge in [-0.05, 0) is 7.05 Å². The van der Waals surface area contributed by atoms with E-state index in [0.29, 0.717) is 0 Å². The molecule has 0 spiro atoms. The van der Waals surface area contributed by atoms with Crippen LogP contribution in [0.4, 0.5) is 13.2 Å². The van der Waals surface area contributed by atoms with Crippen LogP contribution >= 0.6 is 0 Å². The van der Waals surface area contributed by atoms with E-state index in [2.05, 4.69) is 0 Å². The highest BCUT2D eigenvalue weighted by molar-refractivity contribution is 4.72. The zero-order valence-electron chi connectivity index (χ0n) is 8.15. The topological polar surface area (TPSA) is 23.5 Å². The van der Waals surface area contributed by atoms with Crippen LogP contribution in [0.3, 0.4) is 0 Å². The van der Waals surface area contributed by atoms with Crippen LogP contribution in [0.25, 0.3) is 0 Å². The summed E-state index contributed by atoms with van der Waals surface area (Å²) in [4.78, 5) is 1.16. The summed E-state index contributed by atoms with van der Waals surface area (Å²) < 4.78 is 35.6. The van der Waals surface area contributed by atoms with Gasteiger partial charge in [-0.1, -0.05) is 13.8 Å². The first-order chi connectivity index (χ1) is 5.66. The van der Waals surface area contributed by atoms with E-state index in [1.54, 1.807) is 13.8 Å². The summed E-state index contributed by atoms with van der Waals surface area (Å²) in [7, 11) is 1.39. The monoisotopic (exact) mass is 199 g/mol. The van der Waals surface area contributed by atoms with Crippen molar-refractivity contribution in [3.05, 3.63) is 0 Å². The fraction of sp³-hybridized carbons (Fsp3) is 1.00. The second-order valence-corrected chi connectivity index (χ2v) is 4.11. The summed E-state index contributed by atoms with van der Waals surface area (Å²) in [6.07, 6.45) is -4.17. The molecular weight excluding hydrogens is 183 g/mol. The third-order valence-corrected chi connectivity index (χ3v) is 1.58. The molecule has 0 aliphatic carbocycles. The first-order valence-electron chi connectivity index (χ1n) is 4.02. The molecule has 0 aromatic heterocycles. The van der Waals surface area contributed by atoms with Crippen molar-refractivity contribution in [3.63, 3.8) is 0 Å². The SMILES string of the molecule is CN(CC(F)(F)F)CC(C)(C)CO.